The minimum absolute atomic E-state index is 0.178. The van der Waals surface area contributed by atoms with Gasteiger partial charge in [0.1, 0.15) is 18.1 Å². The topological polar surface area (TPSA) is 194 Å². The Balaban J connectivity index is 3.00. The second-order valence-electron chi connectivity index (χ2n) is 9.44. The first kappa shape index (κ1) is 31.6. The lowest BCUT2D eigenvalue weighted by Crippen LogP contribution is -2.60. The molecule has 6 unspecified atom stereocenters. The third-order valence-electron chi connectivity index (χ3n) is 6.52. The van der Waals surface area contributed by atoms with E-state index in [2.05, 4.69) is 16.0 Å². The second-order valence-corrected chi connectivity index (χ2v) is 9.44. The Labute approximate surface area is 218 Å². The van der Waals surface area contributed by atoms with E-state index < -0.39 is 53.8 Å². The molecule has 1 aromatic carbocycles. The molecule has 0 bridgehead atoms. The summed E-state index contributed by atoms with van der Waals surface area (Å²) in [5.41, 5.74) is 12.1. The van der Waals surface area contributed by atoms with Crippen LogP contribution in [0.4, 0.5) is 0 Å². The Morgan fingerprint density at radius 2 is 1.32 bits per heavy atom. The van der Waals surface area contributed by atoms with Crippen molar-refractivity contribution in [3.63, 3.8) is 0 Å². The molecule has 37 heavy (non-hydrogen) atoms. The molecule has 0 aromatic heterocycles. The number of hydrogen-bond acceptors (Lipinski definition) is 6. The zero-order chi connectivity index (χ0) is 28.1. The van der Waals surface area contributed by atoms with Crippen LogP contribution in [0, 0.1) is 11.8 Å². The monoisotopic (exact) mass is 519 g/mol. The van der Waals surface area contributed by atoms with Gasteiger partial charge in [0.25, 0.3) is 0 Å². The van der Waals surface area contributed by atoms with Gasteiger partial charge in [-0.25, -0.2) is 4.79 Å². The third kappa shape index (κ3) is 10.6. The Morgan fingerprint density at radius 3 is 1.78 bits per heavy atom. The van der Waals surface area contributed by atoms with Crippen LogP contribution in [-0.4, -0.2) is 58.9 Å². The number of rotatable bonds is 16. The number of primary amides is 1. The number of nitrogens with one attached hydrogen (secondary N) is 3. The van der Waals surface area contributed by atoms with Crippen LogP contribution in [0.2, 0.25) is 0 Å². The van der Waals surface area contributed by atoms with Gasteiger partial charge in [0.2, 0.25) is 23.6 Å². The standard InChI is InChI=1S/C26H41N5O6/c1-5-15(3)21(24(34)29-19(26(36)37)12-13-20(28)32)31-25(35)22(16(4)6-2)30-23(33)18(27)14-17-10-8-7-9-11-17/h7-11,15-16,18-19,21-22H,5-6,12-14,27H2,1-4H3,(H2,28,32)(H,29,34)(H,30,33)(H,31,35)(H,36,37). The van der Waals surface area contributed by atoms with E-state index in [1.54, 1.807) is 13.8 Å². The van der Waals surface area contributed by atoms with Crippen LogP contribution >= 0.6 is 0 Å². The second kappa shape index (κ2) is 15.6. The average molecular weight is 520 g/mol. The van der Waals surface area contributed by atoms with Crippen LogP contribution in [0.5, 0.6) is 0 Å². The van der Waals surface area contributed by atoms with Gasteiger partial charge >= 0.3 is 5.97 Å². The third-order valence-corrected chi connectivity index (χ3v) is 6.52. The van der Waals surface area contributed by atoms with E-state index in [1.807, 2.05) is 44.2 Å². The summed E-state index contributed by atoms with van der Waals surface area (Å²) in [6, 6.07) is 5.03. The fourth-order valence-corrected chi connectivity index (χ4v) is 3.67. The highest BCUT2D eigenvalue weighted by Gasteiger charge is 2.34. The average Bonchev–Trinajstić information content (AvgIpc) is 2.86. The molecule has 0 heterocycles. The first-order valence-corrected chi connectivity index (χ1v) is 12.6. The fraction of sp³-hybridized carbons (Fsp3) is 0.577. The van der Waals surface area contributed by atoms with E-state index in [4.69, 9.17) is 11.5 Å². The smallest absolute Gasteiger partial charge is 0.326 e. The molecule has 0 fully saturated rings. The molecule has 0 aliphatic heterocycles. The van der Waals surface area contributed by atoms with Gasteiger partial charge in [0.15, 0.2) is 0 Å². The molecule has 11 nitrogen and oxygen atoms in total. The van der Waals surface area contributed by atoms with Gasteiger partial charge in [0, 0.05) is 6.42 Å². The van der Waals surface area contributed by atoms with Crippen molar-refractivity contribution in [2.75, 3.05) is 0 Å². The number of carboxylic acids is 1. The Hall–Kier alpha value is -3.47. The van der Waals surface area contributed by atoms with Gasteiger partial charge in [0.05, 0.1) is 6.04 Å². The number of carboxylic acid groups (broad SMARTS) is 1. The van der Waals surface area contributed by atoms with Gasteiger partial charge < -0.3 is 32.5 Å². The van der Waals surface area contributed by atoms with Crippen LogP contribution < -0.4 is 27.4 Å². The lowest BCUT2D eigenvalue weighted by Gasteiger charge is -2.30. The summed E-state index contributed by atoms with van der Waals surface area (Å²) >= 11 is 0. The quantitative estimate of drug-likeness (QED) is 0.182. The van der Waals surface area contributed by atoms with Gasteiger partial charge in [-0.3, -0.25) is 19.2 Å². The van der Waals surface area contributed by atoms with Crippen molar-refractivity contribution in [1.82, 2.24) is 16.0 Å². The van der Waals surface area contributed by atoms with Crippen molar-refractivity contribution in [3.8, 4) is 0 Å². The molecule has 1 aromatic rings. The molecular formula is C26H41N5O6. The fourth-order valence-electron chi connectivity index (χ4n) is 3.67. The lowest BCUT2D eigenvalue weighted by molar-refractivity contribution is -0.143. The van der Waals surface area contributed by atoms with Crippen LogP contribution in [0.1, 0.15) is 58.9 Å². The highest BCUT2D eigenvalue weighted by Crippen LogP contribution is 2.13. The Bertz CT molecular complexity index is 925. The number of benzene rings is 1. The Kier molecular flexibility index (Phi) is 13.3. The summed E-state index contributed by atoms with van der Waals surface area (Å²) in [5, 5.41) is 17.2. The van der Waals surface area contributed by atoms with Crippen LogP contribution in [0.15, 0.2) is 30.3 Å². The van der Waals surface area contributed by atoms with Crippen molar-refractivity contribution >= 4 is 29.6 Å². The van der Waals surface area contributed by atoms with Crippen molar-refractivity contribution in [2.24, 2.45) is 23.3 Å². The summed E-state index contributed by atoms with van der Waals surface area (Å²) < 4.78 is 0. The molecule has 0 aliphatic rings. The summed E-state index contributed by atoms with van der Waals surface area (Å²) in [6.45, 7) is 7.25. The first-order valence-electron chi connectivity index (χ1n) is 12.6. The number of carbonyl (C=O) groups is 5. The summed E-state index contributed by atoms with van der Waals surface area (Å²) in [5.74, 6) is -4.38. The minimum atomic E-state index is -1.34. The van der Waals surface area contributed by atoms with Crippen molar-refractivity contribution in [2.45, 2.75) is 84.0 Å². The molecule has 4 amide bonds. The molecule has 1 rings (SSSR count). The van der Waals surface area contributed by atoms with E-state index in [0.29, 0.717) is 19.3 Å². The van der Waals surface area contributed by atoms with Gasteiger partial charge in [-0.05, 0) is 30.2 Å². The maximum Gasteiger partial charge on any atom is 0.326 e. The van der Waals surface area contributed by atoms with Crippen LogP contribution in [-0.2, 0) is 30.4 Å². The molecule has 0 aliphatic carbocycles. The number of nitrogens with two attached hydrogens (primary N) is 2. The maximum atomic E-state index is 13.3. The van der Waals surface area contributed by atoms with E-state index in [1.165, 1.54) is 0 Å². The van der Waals surface area contributed by atoms with E-state index in [-0.39, 0.29) is 24.7 Å². The van der Waals surface area contributed by atoms with Crippen molar-refractivity contribution < 1.29 is 29.1 Å². The highest BCUT2D eigenvalue weighted by molar-refractivity contribution is 5.94. The van der Waals surface area contributed by atoms with Gasteiger partial charge in [-0.15, -0.1) is 0 Å². The number of aliphatic carboxylic acids is 1. The molecule has 206 valence electrons. The molecule has 0 saturated heterocycles. The molecule has 8 N–H and O–H groups in total. The maximum absolute atomic E-state index is 13.3. The zero-order valence-corrected chi connectivity index (χ0v) is 22.0. The predicted octanol–water partition coefficient (Wildman–Crippen LogP) is 0.453. The van der Waals surface area contributed by atoms with E-state index in [0.717, 1.165) is 5.56 Å². The van der Waals surface area contributed by atoms with Crippen LogP contribution in [0.25, 0.3) is 0 Å². The summed E-state index contributed by atoms with van der Waals surface area (Å²) in [7, 11) is 0. The molecular weight excluding hydrogens is 478 g/mol. The van der Waals surface area contributed by atoms with E-state index >= 15 is 0 Å². The van der Waals surface area contributed by atoms with Gasteiger partial charge in [-0.1, -0.05) is 70.9 Å². The number of hydrogen-bond donors (Lipinski definition) is 6. The highest BCUT2D eigenvalue weighted by atomic mass is 16.4. The molecule has 0 spiro atoms. The van der Waals surface area contributed by atoms with Crippen molar-refractivity contribution in [3.05, 3.63) is 35.9 Å². The largest absolute Gasteiger partial charge is 0.480 e. The molecule has 0 saturated carbocycles. The first-order chi connectivity index (χ1) is 17.4. The molecule has 11 heteroatoms. The number of carbonyl (C=O) groups excluding carboxylic acids is 4. The normalized spacial score (nSPS) is 15.8. The minimum Gasteiger partial charge on any atom is -0.480 e. The van der Waals surface area contributed by atoms with E-state index in [9.17, 15) is 29.1 Å². The number of amides is 4. The lowest BCUT2D eigenvalue weighted by atomic mass is 9.94. The van der Waals surface area contributed by atoms with Crippen LogP contribution in [0.3, 0.4) is 0 Å². The SMILES string of the molecule is CCC(C)C(NC(=O)C(N)Cc1ccccc1)C(=O)NC(C(=O)NC(CCC(N)=O)C(=O)O)C(C)CC. The van der Waals surface area contributed by atoms with Crippen molar-refractivity contribution in [1.29, 1.82) is 0 Å². The summed E-state index contributed by atoms with van der Waals surface area (Å²) in [6.07, 6.45) is 0.979. The Morgan fingerprint density at radius 1 is 0.838 bits per heavy atom. The summed E-state index contributed by atoms with van der Waals surface area (Å²) in [4.78, 5) is 61.8. The predicted molar refractivity (Wildman–Crippen MR) is 139 cm³/mol. The molecule has 0 radical (unpaired) electrons. The molecule has 6 atom stereocenters. The van der Waals surface area contributed by atoms with Gasteiger partial charge in [-0.2, -0.15) is 0 Å². The zero-order valence-electron chi connectivity index (χ0n) is 22.0.